The summed E-state index contributed by atoms with van der Waals surface area (Å²) in [6.45, 7) is 0.236. The summed E-state index contributed by atoms with van der Waals surface area (Å²) in [5.41, 5.74) is 0.376. The van der Waals surface area contributed by atoms with Crippen LogP contribution < -0.4 is 15.5 Å². The maximum absolute atomic E-state index is 12.4. The summed E-state index contributed by atoms with van der Waals surface area (Å²) in [6, 6.07) is 14.2. The molecule has 2 rings (SSSR count). The van der Waals surface area contributed by atoms with E-state index in [2.05, 4.69) is 17.9 Å². The molecule has 0 aromatic heterocycles. The van der Waals surface area contributed by atoms with Gasteiger partial charge in [0.05, 0.1) is 4.90 Å². The lowest BCUT2D eigenvalue weighted by Gasteiger charge is -2.05. The normalized spacial score (nSPS) is 10.2. The summed E-state index contributed by atoms with van der Waals surface area (Å²) in [5, 5.41) is 10.8. The molecule has 7 heteroatoms. The highest BCUT2D eigenvalue weighted by Gasteiger charge is 2.09. The number of thiol groups is 1. The molecule has 136 valence electrons. The second kappa shape index (κ2) is 9.62. The Kier molecular flexibility index (Phi) is 7.23. The number of hydrogen-bond donors (Lipinski definition) is 3. The fourth-order valence-corrected chi connectivity index (χ4v) is 2.50. The summed E-state index contributed by atoms with van der Waals surface area (Å²) in [6.07, 6.45) is 1.63. The Morgan fingerprint density at radius 2 is 1.77 bits per heavy atom. The van der Waals surface area contributed by atoms with Crippen LogP contribution in [0.15, 0.2) is 58.2 Å². The summed E-state index contributed by atoms with van der Waals surface area (Å²) >= 11 is 4.21. The Bertz CT molecular complexity index is 839. The molecule has 2 aromatic carbocycles. The van der Waals surface area contributed by atoms with E-state index in [0.29, 0.717) is 41.2 Å². The minimum atomic E-state index is -1.51. The molecule has 0 bridgehead atoms. The van der Waals surface area contributed by atoms with Crippen LogP contribution >= 0.6 is 12.6 Å². The SMILES string of the molecule is O=C(O)C(=O)NCCCCc1cc(Oc2ccccc2)ccc(S)c1=O. The van der Waals surface area contributed by atoms with Crippen LogP contribution in [0, 0.1) is 0 Å². The van der Waals surface area contributed by atoms with Crippen molar-refractivity contribution >= 4 is 24.5 Å². The highest BCUT2D eigenvalue weighted by Crippen LogP contribution is 2.21. The maximum atomic E-state index is 12.4. The number of unbranched alkanes of at least 4 members (excludes halogenated alkanes) is 1. The van der Waals surface area contributed by atoms with E-state index in [1.54, 1.807) is 18.2 Å². The van der Waals surface area contributed by atoms with Crippen LogP contribution in [-0.2, 0) is 16.0 Å². The van der Waals surface area contributed by atoms with Crippen LogP contribution in [0.3, 0.4) is 0 Å². The van der Waals surface area contributed by atoms with Gasteiger partial charge in [0.2, 0.25) is 0 Å². The van der Waals surface area contributed by atoms with Gasteiger partial charge in [-0.25, -0.2) is 4.79 Å². The van der Waals surface area contributed by atoms with Gasteiger partial charge in [0, 0.05) is 12.1 Å². The highest BCUT2D eigenvalue weighted by atomic mass is 32.1. The number of carboxylic acid groups (broad SMARTS) is 1. The summed E-state index contributed by atoms with van der Waals surface area (Å²) in [4.78, 5) is 34.0. The molecular weight excluding hydrogens is 354 g/mol. The smallest absolute Gasteiger partial charge is 0.394 e. The Hall–Kier alpha value is -2.80. The molecule has 0 saturated carbocycles. The molecule has 0 heterocycles. The lowest BCUT2D eigenvalue weighted by molar-refractivity contribution is -0.150. The number of amides is 1. The second-order valence-corrected chi connectivity index (χ2v) is 6.03. The van der Waals surface area contributed by atoms with E-state index in [0.717, 1.165) is 0 Å². The molecule has 6 nitrogen and oxygen atoms in total. The number of aliphatic carboxylic acids is 1. The Balaban J connectivity index is 2.03. The zero-order valence-electron chi connectivity index (χ0n) is 14.0. The molecule has 0 radical (unpaired) electrons. The first-order chi connectivity index (χ1) is 12.5. The molecule has 0 aliphatic rings. The van der Waals surface area contributed by atoms with Crippen molar-refractivity contribution in [3.8, 4) is 11.5 Å². The van der Waals surface area contributed by atoms with Gasteiger partial charge in [-0.05, 0) is 49.6 Å². The Labute approximate surface area is 156 Å². The number of rotatable bonds is 7. The average Bonchev–Trinajstić information content (AvgIpc) is 2.76. The number of hydrogen-bond acceptors (Lipinski definition) is 5. The molecule has 0 atom stereocenters. The molecular formula is C19H19NO5S. The zero-order chi connectivity index (χ0) is 18.9. The van der Waals surface area contributed by atoms with Gasteiger partial charge in [-0.2, -0.15) is 0 Å². The zero-order valence-corrected chi connectivity index (χ0v) is 14.9. The minimum Gasteiger partial charge on any atom is -0.474 e. The first-order valence-electron chi connectivity index (χ1n) is 8.07. The van der Waals surface area contributed by atoms with Gasteiger partial charge in [0.15, 0.2) is 5.43 Å². The van der Waals surface area contributed by atoms with Crippen molar-refractivity contribution in [2.45, 2.75) is 24.2 Å². The van der Waals surface area contributed by atoms with E-state index in [1.165, 1.54) is 0 Å². The van der Waals surface area contributed by atoms with Crippen LogP contribution in [-0.4, -0.2) is 23.5 Å². The van der Waals surface area contributed by atoms with Gasteiger partial charge in [0.25, 0.3) is 0 Å². The van der Waals surface area contributed by atoms with Gasteiger partial charge in [-0.3, -0.25) is 9.59 Å². The maximum Gasteiger partial charge on any atom is 0.394 e. The van der Waals surface area contributed by atoms with Crippen LogP contribution in [0.1, 0.15) is 18.4 Å². The highest BCUT2D eigenvalue weighted by molar-refractivity contribution is 7.80. The number of carbonyl (C=O) groups is 2. The summed E-state index contributed by atoms with van der Waals surface area (Å²) < 4.78 is 5.78. The Morgan fingerprint density at radius 3 is 2.46 bits per heavy atom. The lowest BCUT2D eigenvalue weighted by Crippen LogP contribution is -2.31. The standard InChI is InChI=1S/C19H19NO5S/c21-17-13(6-4-5-11-20-18(22)19(23)24)12-15(9-10-16(17)26)25-14-7-2-1-3-8-14/h1-3,7-10,12H,4-6,11H2,(H,20,22)(H,21,26)(H,23,24). The van der Waals surface area contributed by atoms with Gasteiger partial charge < -0.3 is 15.2 Å². The number of aryl methyl sites for hydroxylation is 1. The van der Waals surface area contributed by atoms with E-state index < -0.39 is 11.9 Å². The number of carbonyl (C=O) groups excluding carboxylic acids is 1. The van der Waals surface area contributed by atoms with E-state index in [9.17, 15) is 14.4 Å². The number of para-hydroxylation sites is 1. The van der Waals surface area contributed by atoms with E-state index in [4.69, 9.17) is 9.84 Å². The van der Waals surface area contributed by atoms with E-state index >= 15 is 0 Å². The first kappa shape index (κ1) is 19.5. The molecule has 0 aliphatic heterocycles. The van der Waals surface area contributed by atoms with Gasteiger partial charge in [-0.1, -0.05) is 18.2 Å². The fraction of sp³-hybridized carbons (Fsp3) is 0.211. The average molecular weight is 373 g/mol. The third-order valence-corrected chi connectivity index (χ3v) is 3.93. The number of nitrogens with one attached hydrogen (secondary N) is 1. The van der Waals surface area contributed by atoms with Crippen molar-refractivity contribution in [2.24, 2.45) is 0 Å². The summed E-state index contributed by atoms with van der Waals surface area (Å²) in [5.74, 6) is -1.35. The predicted molar refractivity (Wildman–Crippen MR) is 100 cm³/mol. The van der Waals surface area contributed by atoms with Crippen LogP contribution in [0.4, 0.5) is 0 Å². The largest absolute Gasteiger partial charge is 0.474 e. The van der Waals surface area contributed by atoms with Crippen molar-refractivity contribution < 1.29 is 19.4 Å². The van der Waals surface area contributed by atoms with Crippen LogP contribution in [0.25, 0.3) is 0 Å². The molecule has 1 amide bonds. The van der Waals surface area contributed by atoms with Crippen molar-refractivity contribution in [3.05, 3.63) is 64.3 Å². The van der Waals surface area contributed by atoms with Crippen molar-refractivity contribution in [1.82, 2.24) is 5.32 Å². The first-order valence-corrected chi connectivity index (χ1v) is 8.52. The molecule has 0 fully saturated rings. The van der Waals surface area contributed by atoms with Crippen LogP contribution in [0.5, 0.6) is 11.5 Å². The Morgan fingerprint density at radius 1 is 1.04 bits per heavy atom. The fourth-order valence-electron chi connectivity index (χ4n) is 2.28. The minimum absolute atomic E-state index is 0.175. The number of benzene rings is 1. The molecule has 0 aliphatic carbocycles. The molecule has 2 aromatic rings. The van der Waals surface area contributed by atoms with Crippen LogP contribution in [0.2, 0.25) is 0 Å². The van der Waals surface area contributed by atoms with Gasteiger partial charge in [-0.15, -0.1) is 12.6 Å². The molecule has 0 spiro atoms. The molecule has 0 unspecified atom stereocenters. The third kappa shape index (κ3) is 5.93. The van der Waals surface area contributed by atoms with E-state index in [1.807, 2.05) is 30.3 Å². The lowest BCUT2D eigenvalue weighted by atomic mass is 10.1. The van der Waals surface area contributed by atoms with Crippen molar-refractivity contribution in [2.75, 3.05) is 6.54 Å². The molecule has 0 saturated heterocycles. The molecule has 26 heavy (non-hydrogen) atoms. The van der Waals surface area contributed by atoms with E-state index in [-0.39, 0.29) is 12.0 Å². The monoisotopic (exact) mass is 373 g/mol. The molecule has 2 N–H and O–H groups in total. The third-order valence-electron chi connectivity index (χ3n) is 3.58. The number of ether oxygens (including phenoxy) is 1. The van der Waals surface area contributed by atoms with Crippen molar-refractivity contribution in [3.63, 3.8) is 0 Å². The topological polar surface area (TPSA) is 92.7 Å². The van der Waals surface area contributed by atoms with Crippen molar-refractivity contribution in [1.29, 1.82) is 0 Å². The quantitative estimate of drug-likeness (QED) is 0.394. The number of carboxylic acids is 1. The predicted octanol–water partition coefficient (Wildman–Crippen LogP) is 2.65. The van der Waals surface area contributed by atoms with Gasteiger partial charge in [0.1, 0.15) is 11.5 Å². The van der Waals surface area contributed by atoms with Gasteiger partial charge >= 0.3 is 11.9 Å². The second-order valence-electron chi connectivity index (χ2n) is 5.55. The summed E-state index contributed by atoms with van der Waals surface area (Å²) in [7, 11) is 0.